The molecule has 4 nitrogen and oxygen atoms in total. The van der Waals surface area contributed by atoms with Gasteiger partial charge in [0.25, 0.3) is 0 Å². The Morgan fingerprint density at radius 1 is 0.879 bits per heavy atom. The lowest BCUT2D eigenvalue weighted by Crippen LogP contribution is -2.18. The van der Waals surface area contributed by atoms with E-state index in [2.05, 4.69) is 42.5 Å². The van der Waals surface area contributed by atoms with Crippen molar-refractivity contribution >= 4 is 44.3 Å². The lowest BCUT2D eigenvalue weighted by atomic mass is 9.91. The highest BCUT2D eigenvalue weighted by Crippen LogP contribution is 2.41. The number of hydrogen-bond acceptors (Lipinski definition) is 3. The minimum absolute atomic E-state index is 0.0793. The quantitative estimate of drug-likeness (QED) is 0.247. The van der Waals surface area contributed by atoms with Gasteiger partial charge in [0.05, 0.1) is 12.8 Å². The molecule has 1 amide bonds. The number of fused-ring (bicyclic) bond motifs is 4. The number of hydrogen-bond donors (Lipinski definition) is 0. The number of aromatic nitrogens is 1. The van der Waals surface area contributed by atoms with Gasteiger partial charge in [0, 0.05) is 42.7 Å². The zero-order valence-electron chi connectivity index (χ0n) is 18.9. The van der Waals surface area contributed by atoms with Crippen LogP contribution in [0.15, 0.2) is 85.1 Å². The molecule has 4 heteroatoms. The molecular formula is C29H24N2O2. The lowest BCUT2D eigenvalue weighted by molar-refractivity contribution is -0.123. The third-order valence-electron chi connectivity index (χ3n) is 6.00. The molecule has 162 valence electrons. The van der Waals surface area contributed by atoms with Gasteiger partial charge in [0.2, 0.25) is 5.91 Å². The van der Waals surface area contributed by atoms with Crippen molar-refractivity contribution in [3.8, 4) is 17.0 Å². The lowest BCUT2D eigenvalue weighted by Gasteiger charge is -2.17. The van der Waals surface area contributed by atoms with Crippen LogP contribution in [0.5, 0.6) is 5.75 Å². The molecule has 0 radical (unpaired) electrons. The summed E-state index contributed by atoms with van der Waals surface area (Å²) in [6, 6.07) is 24.8. The van der Waals surface area contributed by atoms with Crippen LogP contribution in [0.3, 0.4) is 0 Å². The summed E-state index contributed by atoms with van der Waals surface area (Å²) in [5.74, 6) is 0.681. The molecule has 1 aromatic heterocycles. The van der Waals surface area contributed by atoms with Crippen LogP contribution in [-0.2, 0) is 4.79 Å². The van der Waals surface area contributed by atoms with E-state index in [-0.39, 0.29) is 5.91 Å². The molecule has 0 aliphatic carbocycles. The summed E-state index contributed by atoms with van der Waals surface area (Å²) in [5.41, 5.74) is 2.75. The predicted octanol–water partition coefficient (Wildman–Crippen LogP) is 6.32. The largest absolute Gasteiger partial charge is 0.496 e. The van der Waals surface area contributed by atoms with Crippen molar-refractivity contribution in [3.63, 3.8) is 0 Å². The van der Waals surface area contributed by atoms with Gasteiger partial charge in [0.1, 0.15) is 5.75 Å². The molecular weight excluding hydrogens is 408 g/mol. The maximum Gasteiger partial charge on any atom is 0.246 e. The Balaban J connectivity index is 1.92. The number of likely N-dealkylation sites (N-methyl/N-ethyl adjacent to an activating group) is 1. The van der Waals surface area contributed by atoms with Crippen molar-refractivity contribution in [2.24, 2.45) is 0 Å². The molecule has 0 aliphatic rings. The highest BCUT2D eigenvalue weighted by Gasteiger charge is 2.18. The van der Waals surface area contributed by atoms with Crippen LogP contribution in [0.2, 0.25) is 0 Å². The fourth-order valence-electron chi connectivity index (χ4n) is 4.38. The van der Waals surface area contributed by atoms with E-state index >= 15 is 0 Å². The summed E-state index contributed by atoms with van der Waals surface area (Å²) >= 11 is 0. The molecule has 5 aromatic rings. The van der Waals surface area contributed by atoms with E-state index in [0.29, 0.717) is 0 Å². The van der Waals surface area contributed by atoms with E-state index in [4.69, 9.17) is 9.72 Å². The molecule has 0 fully saturated rings. The molecule has 0 spiro atoms. The minimum atomic E-state index is -0.0793. The van der Waals surface area contributed by atoms with Crippen LogP contribution in [0, 0.1) is 0 Å². The molecule has 4 aromatic carbocycles. The van der Waals surface area contributed by atoms with Gasteiger partial charge in [-0.15, -0.1) is 0 Å². The fraction of sp³-hybridized carbons (Fsp3) is 0.103. The summed E-state index contributed by atoms with van der Waals surface area (Å²) in [7, 11) is 5.16. The zero-order valence-corrected chi connectivity index (χ0v) is 18.9. The Bertz CT molecular complexity index is 1550. The number of nitrogens with zero attached hydrogens (tertiary/aromatic N) is 2. The number of ether oxygens (including phenoxy) is 1. The van der Waals surface area contributed by atoms with Gasteiger partial charge in [-0.3, -0.25) is 9.78 Å². The average molecular weight is 433 g/mol. The van der Waals surface area contributed by atoms with Gasteiger partial charge in [-0.1, -0.05) is 60.7 Å². The third-order valence-corrected chi connectivity index (χ3v) is 6.00. The monoisotopic (exact) mass is 432 g/mol. The van der Waals surface area contributed by atoms with Crippen molar-refractivity contribution in [1.29, 1.82) is 0 Å². The number of amides is 1. The van der Waals surface area contributed by atoms with Crippen LogP contribution in [0.4, 0.5) is 0 Å². The first-order valence-electron chi connectivity index (χ1n) is 10.8. The summed E-state index contributed by atoms with van der Waals surface area (Å²) < 4.78 is 5.72. The second-order valence-electron chi connectivity index (χ2n) is 8.20. The van der Waals surface area contributed by atoms with Gasteiger partial charge in [-0.05, 0) is 45.3 Å². The standard InChI is InChI=1S/C29H24N2O2/c1-31(2)26(32)15-14-21-18-25(33-3)23-10-6-7-11-24(23)28(21)29-27-20(16-17-30-29)13-12-19-8-4-5-9-22(19)27/h4-18H,1-3H3/b15-14+. The first-order chi connectivity index (χ1) is 16.1. The molecule has 0 N–H and O–H groups in total. The zero-order chi connectivity index (χ0) is 22.9. The van der Waals surface area contributed by atoms with Crippen molar-refractivity contribution in [1.82, 2.24) is 9.88 Å². The number of pyridine rings is 1. The molecule has 0 bridgehead atoms. The van der Waals surface area contributed by atoms with E-state index in [0.717, 1.165) is 54.9 Å². The van der Waals surface area contributed by atoms with Crippen LogP contribution >= 0.6 is 0 Å². The number of benzene rings is 4. The smallest absolute Gasteiger partial charge is 0.246 e. The number of methoxy groups -OCH3 is 1. The van der Waals surface area contributed by atoms with Crippen molar-refractivity contribution in [2.45, 2.75) is 0 Å². The predicted molar refractivity (Wildman–Crippen MR) is 136 cm³/mol. The maximum atomic E-state index is 12.4. The number of rotatable bonds is 4. The Morgan fingerprint density at radius 2 is 1.58 bits per heavy atom. The van der Waals surface area contributed by atoms with Gasteiger partial charge in [0.15, 0.2) is 0 Å². The molecule has 0 aliphatic heterocycles. The molecule has 0 unspecified atom stereocenters. The normalized spacial score (nSPS) is 11.5. The third kappa shape index (κ3) is 3.60. The van der Waals surface area contributed by atoms with E-state index in [1.165, 1.54) is 0 Å². The molecule has 5 rings (SSSR count). The van der Waals surface area contributed by atoms with Gasteiger partial charge >= 0.3 is 0 Å². The second-order valence-corrected chi connectivity index (χ2v) is 8.20. The van der Waals surface area contributed by atoms with E-state index in [1.807, 2.05) is 42.6 Å². The summed E-state index contributed by atoms with van der Waals surface area (Å²) in [6.45, 7) is 0. The fourth-order valence-corrected chi connectivity index (χ4v) is 4.38. The highest BCUT2D eigenvalue weighted by atomic mass is 16.5. The van der Waals surface area contributed by atoms with Crippen LogP contribution < -0.4 is 4.74 Å². The molecule has 0 saturated heterocycles. The Morgan fingerprint density at radius 3 is 2.33 bits per heavy atom. The Labute approximate surface area is 192 Å². The van der Waals surface area contributed by atoms with Crippen molar-refractivity contribution < 1.29 is 9.53 Å². The second kappa shape index (κ2) is 8.40. The maximum absolute atomic E-state index is 12.4. The number of carbonyl (C=O) groups excluding carboxylic acids is 1. The van der Waals surface area contributed by atoms with Crippen LogP contribution in [0.25, 0.3) is 49.7 Å². The van der Waals surface area contributed by atoms with E-state index in [1.54, 1.807) is 32.2 Å². The summed E-state index contributed by atoms with van der Waals surface area (Å²) in [6.07, 6.45) is 5.30. The summed E-state index contributed by atoms with van der Waals surface area (Å²) in [4.78, 5) is 18.8. The molecule has 1 heterocycles. The van der Waals surface area contributed by atoms with Crippen LogP contribution in [0.1, 0.15) is 5.56 Å². The van der Waals surface area contributed by atoms with E-state index in [9.17, 15) is 4.79 Å². The molecule has 33 heavy (non-hydrogen) atoms. The van der Waals surface area contributed by atoms with Crippen molar-refractivity contribution in [3.05, 3.63) is 90.6 Å². The highest BCUT2D eigenvalue weighted by molar-refractivity contribution is 6.17. The molecule has 0 atom stereocenters. The van der Waals surface area contributed by atoms with Crippen molar-refractivity contribution in [2.75, 3.05) is 21.2 Å². The van der Waals surface area contributed by atoms with Gasteiger partial charge in [-0.25, -0.2) is 0 Å². The SMILES string of the molecule is COc1cc(/C=C/C(=O)N(C)C)c(-c2nccc3ccc4ccccc4c23)c2ccccc12. The first-order valence-corrected chi connectivity index (χ1v) is 10.8. The average Bonchev–Trinajstić information content (AvgIpc) is 2.86. The van der Waals surface area contributed by atoms with Crippen LogP contribution in [-0.4, -0.2) is 37.0 Å². The molecule has 0 saturated carbocycles. The first kappa shape index (κ1) is 20.7. The summed E-state index contributed by atoms with van der Waals surface area (Å²) in [5, 5.41) is 6.57. The van der Waals surface area contributed by atoms with Gasteiger partial charge < -0.3 is 9.64 Å². The van der Waals surface area contributed by atoms with Gasteiger partial charge in [-0.2, -0.15) is 0 Å². The minimum Gasteiger partial charge on any atom is -0.496 e. The van der Waals surface area contributed by atoms with E-state index < -0.39 is 0 Å². The topological polar surface area (TPSA) is 42.4 Å². The Hall–Kier alpha value is -4.18. The Kier molecular flexibility index (Phi) is 5.27. The number of carbonyl (C=O) groups is 1.